The van der Waals surface area contributed by atoms with Crippen LogP contribution in [0.2, 0.25) is 0 Å². The zero-order valence-corrected chi connectivity index (χ0v) is 15.0. The van der Waals surface area contributed by atoms with Gasteiger partial charge in [0.15, 0.2) is 0 Å². The van der Waals surface area contributed by atoms with Gasteiger partial charge < -0.3 is 10.0 Å². The smallest absolute Gasteiger partial charge is 0.423 e. The average Bonchev–Trinajstić information content (AvgIpc) is 2.61. The summed E-state index contributed by atoms with van der Waals surface area (Å²) in [4.78, 5) is 0. The van der Waals surface area contributed by atoms with Crippen LogP contribution in [0.25, 0.3) is 12.2 Å². The summed E-state index contributed by atoms with van der Waals surface area (Å²) >= 11 is 3.52. The van der Waals surface area contributed by atoms with Crippen LogP contribution in [0.1, 0.15) is 35.1 Å². The molecule has 0 fully saturated rings. The molecule has 2 aliphatic rings. The van der Waals surface area contributed by atoms with Gasteiger partial charge in [-0.1, -0.05) is 70.5 Å². The van der Waals surface area contributed by atoms with Crippen LogP contribution in [-0.2, 0) is 12.8 Å². The summed E-state index contributed by atoms with van der Waals surface area (Å²) in [6.45, 7) is 0. The lowest BCUT2D eigenvalue weighted by Gasteiger charge is -2.15. The Kier molecular flexibility index (Phi) is 5.72. The van der Waals surface area contributed by atoms with Crippen molar-refractivity contribution < 1.29 is 10.0 Å². The van der Waals surface area contributed by atoms with Gasteiger partial charge in [0.25, 0.3) is 0 Å². The van der Waals surface area contributed by atoms with E-state index in [0.717, 1.165) is 24.8 Å². The first-order valence-electron chi connectivity index (χ1n) is 8.22. The maximum Gasteiger partial charge on any atom is 0.484 e. The first-order chi connectivity index (χ1) is 11.6. The van der Waals surface area contributed by atoms with Crippen LogP contribution < -0.4 is 0 Å². The lowest BCUT2D eigenvalue weighted by molar-refractivity contribution is 0.417. The normalized spacial score (nSPS) is 15.1. The summed E-state index contributed by atoms with van der Waals surface area (Å²) in [5, 5.41) is 18.0. The number of allylic oxidation sites excluding steroid dienone is 2. The molecule has 0 spiro atoms. The molecular formula is C20H20BBrO2. The Morgan fingerprint density at radius 1 is 0.708 bits per heavy atom. The van der Waals surface area contributed by atoms with Gasteiger partial charge in [-0.3, -0.25) is 0 Å². The summed E-state index contributed by atoms with van der Waals surface area (Å²) in [6, 6.07) is 16.6. The van der Waals surface area contributed by atoms with Crippen molar-refractivity contribution in [2.75, 3.05) is 0 Å². The number of halogens is 1. The van der Waals surface area contributed by atoms with Crippen LogP contribution in [0.4, 0.5) is 0 Å². The molecule has 0 aliphatic heterocycles. The summed E-state index contributed by atoms with van der Waals surface area (Å²) < 4.78 is 1.32. The molecule has 0 saturated heterocycles. The second-order valence-corrected chi connectivity index (χ2v) is 7.10. The van der Waals surface area contributed by atoms with Gasteiger partial charge in [0.05, 0.1) is 0 Å². The van der Waals surface area contributed by atoms with Gasteiger partial charge in [0.1, 0.15) is 0 Å². The summed E-state index contributed by atoms with van der Waals surface area (Å²) in [5.41, 5.74) is 5.93. The van der Waals surface area contributed by atoms with Gasteiger partial charge in [-0.25, -0.2) is 0 Å². The Morgan fingerprint density at radius 2 is 1.25 bits per heavy atom. The molecule has 0 radical (unpaired) electrons. The second-order valence-electron chi connectivity index (χ2n) is 6.08. The molecule has 0 aromatic heterocycles. The molecule has 0 unspecified atom stereocenters. The van der Waals surface area contributed by atoms with Crippen molar-refractivity contribution in [3.8, 4) is 0 Å². The predicted molar refractivity (Wildman–Crippen MR) is 105 cm³/mol. The number of benzene rings is 2. The molecule has 122 valence electrons. The number of rotatable bonds is 1. The summed E-state index contributed by atoms with van der Waals surface area (Å²) in [7, 11) is -1.30. The van der Waals surface area contributed by atoms with Gasteiger partial charge in [-0.05, 0) is 64.0 Å². The van der Waals surface area contributed by atoms with Crippen molar-refractivity contribution in [2.45, 2.75) is 25.7 Å². The number of fused-ring (bicyclic) bond motifs is 2. The maximum absolute atomic E-state index is 8.99. The zero-order valence-electron chi connectivity index (χ0n) is 13.5. The van der Waals surface area contributed by atoms with Gasteiger partial charge >= 0.3 is 7.12 Å². The van der Waals surface area contributed by atoms with E-state index in [0.29, 0.717) is 5.47 Å². The van der Waals surface area contributed by atoms with Crippen LogP contribution in [0.15, 0.2) is 58.5 Å². The fourth-order valence-corrected chi connectivity index (χ4v) is 3.50. The van der Waals surface area contributed by atoms with Crippen molar-refractivity contribution in [1.29, 1.82) is 0 Å². The SMILES string of the molecule is BrC1=Cc2ccccc2CC1.OB(O)C1=Cc2ccccc2CC1. The van der Waals surface area contributed by atoms with Crippen LogP contribution >= 0.6 is 15.9 Å². The lowest BCUT2D eigenvalue weighted by atomic mass is 9.72. The average molecular weight is 383 g/mol. The van der Waals surface area contributed by atoms with Gasteiger partial charge in [0, 0.05) is 0 Å². The summed E-state index contributed by atoms with van der Waals surface area (Å²) in [5.74, 6) is 0. The third-order valence-electron chi connectivity index (χ3n) is 4.41. The Labute approximate surface area is 151 Å². The zero-order chi connectivity index (χ0) is 16.9. The largest absolute Gasteiger partial charge is 0.484 e. The molecule has 4 rings (SSSR count). The Morgan fingerprint density at radius 3 is 1.88 bits per heavy atom. The Balaban J connectivity index is 0.000000143. The van der Waals surface area contributed by atoms with Crippen molar-refractivity contribution in [1.82, 2.24) is 0 Å². The van der Waals surface area contributed by atoms with E-state index in [1.54, 1.807) is 0 Å². The van der Waals surface area contributed by atoms with Crippen LogP contribution in [0, 0.1) is 0 Å². The van der Waals surface area contributed by atoms with Crippen LogP contribution in [0.5, 0.6) is 0 Å². The molecule has 4 heteroatoms. The van der Waals surface area contributed by atoms with E-state index in [1.165, 1.54) is 27.6 Å². The second kappa shape index (κ2) is 7.97. The number of hydrogen-bond acceptors (Lipinski definition) is 2. The van der Waals surface area contributed by atoms with Gasteiger partial charge in [-0.2, -0.15) is 0 Å². The molecule has 24 heavy (non-hydrogen) atoms. The van der Waals surface area contributed by atoms with Crippen molar-refractivity contribution in [3.05, 3.63) is 80.7 Å². The van der Waals surface area contributed by atoms with Gasteiger partial charge in [0.2, 0.25) is 0 Å². The van der Waals surface area contributed by atoms with Crippen molar-refractivity contribution in [2.24, 2.45) is 0 Å². The highest BCUT2D eigenvalue weighted by Crippen LogP contribution is 2.26. The molecule has 0 saturated carbocycles. The van der Waals surface area contributed by atoms with E-state index in [-0.39, 0.29) is 0 Å². The third-order valence-corrected chi connectivity index (χ3v) is 5.04. The quantitative estimate of drug-likeness (QED) is 0.717. The Bertz CT molecular complexity index is 781. The minimum atomic E-state index is -1.30. The topological polar surface area (TPSA) is 40.5 Å². The highest BCUT2D eigenvalue weighted by atomic mass is 79.9. The standard InChI is InChI=1S/C10H11BO2.C10H9Br/c12-11(13)10-6-5-8-3-1-2-4-9(8)7-10;11-10-6-5-8-3-1-2-4-9(8)7-10/h1-4,7,12-13H,5-6H2;1-4,7H,5-6H2. The maximum atomic E-state index is 8.99. The molecule has 2 nitrogen and oxygen atoms in total. The fourth-order valence-electron chi connectivity index (χ4n) is 3.05. The van der Waals surface area contributed by atoms with Crippen molar-refractivity contribution >= 4 is 35.2 Å². The highest BCUT2D eigenvalue weighted by molar-refractivity contribution is 9.11. The molecule has 0 amide bonds. The molecule has 2 aliphatic carbocycles. The molecule has 2 N–H and O–H groups in total. The first-order valence-corrected chi connectivity index (χ1v) is 9.01. The predicted octanol–water partition coefficient (Wildman–Crippen LogP) is 4.40. The van der Waals surface area contributed by atoms with Crippen molar-refractivity contribution in [3.63, 3.8) is 0 Å². The molecule has 2 aromatic carbocycles. The van der Waals surface area contributed by atoms with E-state index < -0.39 is 7.12 Å². The molecular weight excluding hydrogens is 363 g/mol. The minimum Gasteiger partial charge on any atom is -0.423 e. The fraction of sp³-hybridized carbons (Fsp3) is 0.200. The molecule has 0 atom stereocenters. The molecule has 0 heterocycles. The minimum absolute atomic E-state index is 0.707. The molecule has 2 aromatic rings. The molecule has 0 bridgehead atoms. The van der Waals surface area contributed by atoms with E-state index in [1.807, 2.05) is 24.3 Å². The van der Waals surface area contributed by atoms with Crippen LogP contribution in [-0.4, -0.2) is 17.2 Å². The van der Waals surface area contributed by atoms with E-state index in [2.05, 4.69) is 52.3 Å². The highest BCUT2D eigenvalue weighted by Gasteiger charge is 2.18. The third kappa shape index (κ3) is 4.26. The first kappa shape index (κ1) is 17.2. The number of hydrogen-bond donors (Lipinski definition) is 2. The summed E-state index contributed by atoms with van der Waals surface area (Å²) in [6.07, 6.45) is 8.04. The van der Waals surface area contributed by atoms with Gasteiger partial charge in [-0.15, -0.1) is 0 Å². The van der Waals surface area contributed by atoms with E-state index in [4.69, 9.17) is 10.0 Å². The van der Waals surface area contributed by atoms with E-state index in [9.17, 15) is 0 Å². The lowest BCUT2D eigenvalue weighted by Crippen LogP contribution is -2.18. The Hall–Kier alpha value is -1.62. The van der Waals surface area contributed by atoms with E-state index >= 15 is 0 Å². The number of aryl methyl sites for hydroxylation is 2. The van der Waals surface area contributed by atoms with Crippen LogP contribution in [0.3, 0.4) is 0 Å². The monoisotopic (exact) mass is 382 g/mol.